The van der Waals surface area contributed by atoms with Gasteiger partial charge in [0.2, 0.25) is 11.8 Å². The molecule has 0 spiro atoms. The molecule has 1 N–H and O–H groups in total. The molecule has 2 aliphatic heterocycles. The van der Waals surface area contributed by atoms with Gasteiger partial charge in [-0.1, -0.05) is 11.2 Å². The highest BCUT2D eigenvalue weighted by Gasteiger charge is 2.39. The lowest BCUT2D eigenvalue weighted by molar-refractivity contribution is -0.136. The minimum Gasteiger partial charge on any atom is -0.356 e. The highest BCUT2D eigenvalue weighted by atomic mass is 19.3. The number of hydrogen-bond donors (Lipinski definition) is 1. The molecule has 4 heterocycles. The van der Waals surface area contributed by atoms with Crippen LogP contribution in [0.25, 0.3) is 22.7 Å². The molecular weight excluding hydrogens is 422 g/mol. The highest BCUT2D eigenvalue weighted by molar-refractivity contribution is 6.05. The number of hydrogen-bond acceptors (Lipinski definition) is 6. The smallest absolute Gasteiger partial charge is 0.265 e. The number of benzene rings is 1. The number of piperidine rings is 1. The van der Waals surface area contributed by atoms with Crippen LogP contribution in [-0.4, -0.2) is 38.8 Å². The van der Waals surface area contributed by atoms with E-state index >= 15 is 0 Å². The molecule has 0 aliphatic carbocycles. The van der Waals surface area contributed by atoms with Crippen LogP contribution in [0.3, 0.4) is 0 Å². The van der Waals surface area contributed by atoms with Crippen molar-refractivity contribution in [3.8, 4) is 22.7 Å². The molecule has 1 aromatic carbocycles. The van der Waals surface area contributed by atoms with Crippen molar-refractivity contribution in [1.29, 1.82) is 0 Å². The quantitative estimate of drug-likeness (QED) is 0.628. The Kier molecular flexibility index (Phi) is 4.76. The van der Waals surface area contributed by atoms with Crippen molar-refractivity contribution in [1.82, 2.24) is 20.4 Å². The maximum atomic E-state index is 12.8. The summed E-state index contributed by atoms with van der Waals surface area (Å²) < 4.78 is 30.8. The number of pyridine rings is 1. The second-order valence-corrected chi connectivity index (χ2v) is 7.63. The van der Waals surface area contributed by atoms with Crippen LogP contribution < -0.4 is 5.32 Å². The van der Waals surface area contributed by atoms with Gasteiger partial charge in [0.05, 0.1) is 5.69 Å². The molecule has 2 aromatic heterocycles. The fraction of sp³-hybridized carbons (Fsp3) is 0.227. The number of aromatic nitrogens is 2. The van der Waals surface area contributed by atoms with E-state index in [4.69, 9.17) is 4.52 Å². The zero-order valence-electron chi connectivity index (χ0n) is 16.5. The van der Waals surface area contributed by atoms with Crippen LogP contribution in [0.4, 0.5) is 8.78 Å². The van der Waals surface area contributed by atoms with E-state index < -0.39 is 18.4 Å². The van der Waals surface area contributed by atoms with Gasteiger partial charge in [-0.3, -0.25) is 24.7 Å². The van der Waals surface area contributed by atoms with Crippen LogP contribution in [0.2, 0.25) is 0 Å². The predicted molar refractivity (Wildman–Crippen MR) is 106 cm³/mol. The van der Waals surface area contributed by atoms with Crippen molar-refractivity contribution in [2.75, 3.05) is 0 Å². The van der Waals surface area contributed by atoms with E-state index in [1.807, 2.05) is 0 Å². The van der Waals surface area contributed by atoms with Gasteiger partial charge >= 0.3 is 0 Å². The summed E-state index contributed by atoms with van der Waals surface area (Å²) in [4.78, 5) is 41.8. The standard InChI is InChI=1S/C22H16F2N4O4/c23-20(24)12-2-4-15(25-9-12)16-8-18(32-27-16)11-1-3-14-13(7-11)10-28(22(14)31)17-5-6-19(29)26-21(17)30/h1-4,7-9,17,20H,5-6,10H2,(H,26,29,30). The third-order valence-electron chi connectivity index (χ3n) is 5.62. The van der Waals surface area contributed by atoms with Gasteiger partial charge in [0, 0.05) is 41.9 Å². The molecule has 1 atom stereocenters. The first-order chi connectivity index (χ1) is 15.4. The second-order valence-electron chi connectivity index (χ2n) is 7.63. The number of amides is 3. The van der Waals surface area contributed by atoms with E-state index in [2.05, 4.69) is 15.5 Å². The van der Waals surface area contributed by atoms with Crippen molar-refractivity contribution in [2.45, 2.75) is 31.9 Å². The summed E-state index contributed by atoms with van der Waals surface area (Å²) in [7, 11) is 0. The van der Waals surface area contributed by atoms with Crippen molar-refractivity contribution < 1.29 is 27.7 Å². The van der Waals surface area contributed by atoms with Gasteiger partial charge in [-0.15, -0.1) is 0 Å². The topological polar surface area (TPSA) is 105 Å². The Balaban J connectivity index is 1.38. The monoisotopic (exact) mass is 438 g/mol. The maximum absolute atomic E-state index is 12.8. The Bertz CT molecular complexity index is 1240. The van der Waals surface area contributed by atoms with Crippen molar-refractivity contribution in [3.63, 3.8) is 0 Å². The van der Waals surface area contributed by atoms with E-state index in [0.717, 1.165) is 11.8 Å². The van der Waals surface area contributed by atoms with E-state index in [1.165, 1.54) is 17.0 Å². The van der Waals surface area contributed by atoms with Gasteiger partial charge in [-0.2, -0.15) is 0 Å². The number of nitrogens with zero attached hydrogens (tertiary/aromatic N) is 3. The SMILES string of the molecule is O=C1CCC(N2Cc3cc(-c4cc(-c5ccc(C(F)F)cn5)no4)ccc3C2=O)C(=O)N1. The van der Waals surface area contributed by atoms with Crippen LogP contribution in [0, 0.1) is 0 Å². The first kappa shape index (κ1) is 20.0. The Morgan fingerprint density at radius 3 is 2.66 bits per heavy atom. The first-order valence-electron chi connectivity index (χ1n) is 9.90. The third kappa shape index (κ3) is 3.43. The summed E-state index contributed by atoms with van der Waals surface area (Å²) >= 11 is 0. The highest BCUT2D eigenvalue weighted by Crippen LogP contribution is 2.32. The number of nitrogens with one attached hydrogen (secondary N) is 1. The predicted octanol–water partition coefficient (Wildman–Crippen LogP) is 3.10. The number of fused-ring (bicyclic) bond motifs is 1. The largest absolute Gasteiger partial charge is 0.356 e. The van der Waals surface area contributed by atoms with E-state index in [1.54, 1.807) is 24.3 Å². The lowest BCUT2D eigenvalue weighted by atomic mass is 10.0. The Labute approximate surface area is 180 Å². The number of halogens is 2. The van der Waals surface area contributed by atoms with Crippen molar-refractivity contribution >= 4 is 17.7 Å². The van der Waals surface area contributed by atoms with Gasteiger partial charge in [-0.25, -0.2) is 8.78 Å². The van der Waals surface area contributed by atoms with E-state index in [9.17, 15) is 23.2 Å². The van der Waals surface area contributed by atoms with Crippen LogP contribution in [0.1, 0.15) is 40.8 Å². The number of carbonyl (C=O) groups is 3. The summed E-state index contributed by atoms with van der Waals surface area (Å²) in [5, 5.41) is 6.24. The Morgan fingerprint density at radius 1 is 1.09 bits per heavy atom. The van der Waals surface area contributed by atoms with Gasteiger partial charge in [0.25, 0.3) is 12.3 Å². The summed E-state index contributed by atoms with van der Waals surface area (Å²) in [6.07, 6.45) is -1.02. The minimum atomic E-state index is -2.60. The van der Waals surface area contributed by atoms with Crippen molar-refractivity contribution in [2.24, 2.45) is 0 Å². The molecule has 2 aliphatic rings. The van der Waals surface area contributed by atoms with Crippen molar-refractivity contribution in [3.05, 3.63) is 59.3 Å². The Morgan fingerprint density at radius 2 is 1.94 bits per heavy atom. The number of alkyl halides is 2. The molecule has 0 saturated carbocycles. The average Bonchev–Trinajstić information content (AvgIpc) is 3.39. The maximum Gasteiger partial charge on any atom is 0.265 e. The van der Waals surface area contributed by atoms with Gasteiger partial charge in [-0.05, 0) is 36.2 Å². The molecule has 1 fully saturated rings. The summed E-state index contributed by atoms with van der Waals surface area (Å²) in [5.41, 5.74) is 2.50. The molecule has 3 aromatic rings. The Hall–Kier alpha value is -3.95. The molecular formula is C22H16F2N4O4. The molecule has 0 bridgehead atoms. The zero-order valence-corrected chi connectivity index (χ0v) is 16.5. The minimum absolute atomic E-state index is 0.179. The summed E-state index contributed by atoms with van der Waals surface area (Å²) in [5.74, 6) is -0.637. The average molecular weight is 438 g/mol. The third-order valence-corrected chi connectivity index (χ3v) is 5.62. The van der Waals surface area contributed by atoms with E-state index in [-0.39, 0.29) is 30.3 Å². The van der Waals surface area contributed by atoms with E-state index in [0.29, 0.717) is 34.7 Å². The lowest BCUT2D eigenvalue weighted by Crippen LogP contribution is -2.52. The first-order valence-corrected chi connectivity index (χ1v) is 9.90. The molecule has 0 radical (unpaired) electrons. The molecule has 10 heteroatoms. The molecule has 5 rings (SSSR count). The summed E-state index contributed by atoms with van der Waals surface area (Å²) in [6, 6.07) is 8.85. The zero-order chi connectivity index (χ0) is 22.4. The molecule has 1 unspecified atom stereocenters. The summed E-state index contributed by atoms with van der Waals surface area (Å²) in [6.45, 7) is 0.242. The number of rotatable bonds is 4. The van der Waals surface area contributed by atoms with Crippen LogP contribution in [-0.2, 0) is 16.1 Å². The number of carbonyl (C=O) groups excluding carboxylic acids is 3. The molecule has 8 nitrogen and oxygen atoms in total. The van der Waals surface area contributed by atoms with Gasteiger partial charge in [0.1, 0.15) is 11.7 Å². The fourth-order valence-electron chi connectivity index (χ4n) is 3.95. The lowest BCUT2D eigenvalue weighted by Gasteiger charge is -2.29. The van der Waals surface area contributed by atoms with Gasteiger partial charge < -0.3 is 9.42 Å². The van der Waals surface area contributed by atoms with Crippen LogP contribution in [0.5, 0.6) is 0 Å². The van der Waals surface area contributed by atoms with Crippen LogP contribution >= 0.6 is 0 Å². The number of imide groups is 1. The molecule has 3 amide bonds. The van der Waals surface area contributed by atoms with Crippen LogP contribution in [0.15, 0.2) is 47.1 Å². The molecule has 162 valence electrons. The molecule has 1 saturated heterocycles. The fourth-order valence-corrected chi connectivity index (χ4v) is 3.95. The second kappa shape index (κ2) is 7.63. The van der Waals surface area contributed by atoms with Gasteiger partial charge in [0.15, 0.2) is 5.76 Å². The molecule has 32 heavy (non-hydrogen) atoms. The normalized spacial score (nSPS) is 18.3.